The third kappa shape index (κ3) is 2.13. The van der Waals surface area contributed by atoms with Crippen molar-refractivity contribution in [2.75, 3.05) is 11.8 Å². The van der Waals surface area contributed by atoms with Crippen LogP contribution in [-0.2, 0) is 0 Å². The van der Waals surface area contributed by atoms with Gasteiger partial charge in [0.2, 0.25) is 0 Å². The molecule has 0 spiro atoms. The van der Waals surface area contributed by atoms with Crippen LogP contribution in [0.2, 0.25) is 9.63 Å². The van der Waals surface area contributed by atoms with Crippen molar-refractivity contribution in [1.29, 1.82) is 0 Å². The zero-order valence-electron chi connectivity index (χ0n) is 5.90. The van der Waals surface area contributed by atoms with Crippen molar-refractivity contribution in [3.63, 3.8) is 0 Å². The molecule has 0 saturated carbocycles. The minimum atomic E-state index is -2.30. The number of hydrogen-bond acceptors (Lipinski definition) is 0. The zero-order chi connectivity index (χ0) is 8.48. The molecule has 0 aromatic rings. The van der Waals surface area contributed by atoms with Gasteiger partial charge in [0, 0.05) is 0 Å². The van der Waals surface area contributed by atoms with E-state index in [1.807, 2.05) is 0 Å². The van der Waals surface area contributed by atoms with E-state index in [2.05, 4.69) is 0 Å². The van der Waals surface area contributed by atoms with Crippen molar-refractivity contribution in [3.05, 3.63) is 0 Å². The van der Waals surface area contributed by atoms with Crippen LogP contribution in [0.4, 0.5) is 0 Å². The molecule has 0 bridgehead atoms. The molecule has 1 heterocycles. The summed E-state index contributed by atoms with van der Waals surface area (Å²) in [5.74, 6) is 1.20. The summed E-state index contributed by atoms with van der Waals surface area (Å²) >= 11 is 9.19. The Morgan fingerprint density at radius 3 is 1.55 bits per heavy atom. The monoisotopic (exact) mass is 302 g/mol. The summed E-state index contributed by atoms with van der Waals surface area (Å²) in [6.07, 6.45) is 2.13. The number of rotatable bonds is 2. The molecule has 68 valence electrons. The first kappa shape index (κ1) is 10.8. The average molecular weight is 303 g/mol. The summed E-state index contributed by atoms with van der Waals surface area (Å²) in [5.41, 5.74) is 0. The summed E-state index contributed by atoms with van der Waals surface area (Å²) in [5, 5.41) is 0. The van der Waals surface area contributed by atoms with Gasteiger partial charge in [-0.05, 0) is 0 Å². The van der Waals surface area contributed by atoms with Gasteiger partial charge in [0.15, 0.2) is 0 Å². The Kier molecular flexibility index (Phi) is 4.17. The molecule has 1 aliphatic heterocycles. The molecule has 5 heteroatoms. The van der Waals surface area contributed by atoms with Crippen LogP contribution in [0.5, 0.6) is 0 Å². The fraction of sp³-hybridized carbons (Fsp3) is 1.00. The first-order valence-corrected chi connectivity index (χ1v) is 11.0. The number of hydrogen-bond donors (Lipinski definition) is 0. The molecular weight excluding hydrogens is 293 g/mol. The summed E-state index contributed by atoms with van der Waals surface area (Å²) in [4.78, 5) is 0.722. The molecule has 0 radical (unpaired) electrons. The van der Waals surface area contributed by atoms with Gasteiger partial charge in [-0.25, -0.2) is 0 Å². The molecule has 0 N–H and O–H groups in total. The molecule has 0 aromatic carbocycles. The van der Waals surface area contributed by atoms with E-state index in [0.717, 1.165) is 12.8 Å². The van der Waals surface area contributed by atoms with Crippen molar-refractivity contribution in [3.8, 4) is 0 Å². The Morgan fingerprint density at radius 1 is 1.00 bits per heavy atom. The first-order chi connectivity index (χ1) is 5.12. The molecule has 1 aliphatic rings. The Labute approximate surface area is 88.2 Å². The third-order valence-electron chi connectivity index (χ3n) is 2.04. The summed E-state index contributed by atoms with van der Waals surface area (Å²) in [6.45, 7) is 0. The topological polar surface area (TPSA) is 0 Å². The van der Waals surface area contributed by atoms with Gasteiger partial charge in [0.25, 0.3) is 0 Å². The first-order valence-electron chi connectivity index (χ1n) is 3.45. The molecule has 1 fully saturated rings. The molecule has 1 rings (SSSR count). The SMILES string of the molecule is ClC[C@@H]1CC[C@H](CCl)[Se]1(Cl)Cl. The van der Waals surface area contributed by atoms with E-state index in [9.17, 15) is 0 Å². The molecule has 0 nitrogen and oxygen atoms in total. The summed E-state index contributed by atoms with van der Waals surface area (Å²) in [7, 11) is 12.5. The van der Waals surface area contributed by atoms with Crippen molar-refractivity contribution >= 4 is 54.4 Å². The number of alkyl halides is 2. The van der Waals surface area contributed by atoms with Gasteiger partial charge in [0.05, 0.1) is 0 Å². The van der Waals surface area contributed by atoms with Crippen LogP contribution in [-0.4, -0.2) is 22.8 Å². The van der Waals surface area contributed by atoms with Crippen molar-refractivity contribution in [2.24, 2.45) is 0 Å². The van der Waals surface area contributed by atoms with Crippen LogP contribution in [0, 0.1) is 0 Å². The molecule has 1 saturated heterocycles. The van der Waals surface area contributed by atoms with Gasteiger partial charge >= 0.3 is 88.7 Å². The second kappa shape index (κ2) is 4.26. The van der Waals surface area contributed by atoms with E-state index in [0.29, 0.717) is 21.4 Å². The van der Waals surface area contributed by atoms with Gasteiger partial charge < -0.3 is 0 Å². The molecule has 0 aromatic heterocycles. The molecular formula is C6H10Cl4Se. The third-order valence-corrected chi connectivity index (χ3v) is 14.3. The summed E-state index contributed by atoms with van der Waals surface area (Å²) < 4.78 is 0. The maximum absolute atomic E-state index is 6.25. The predicted molar refractivity (Wildman–Crippen MR) is 55.6 cm³/mol. The van der Waals surface area contributed by atoms with Crippen LogP contribution in [0.3, 0.4) is 0 Å². The van der Waals surface area contributed by atoms with Gasteiger partial charge in [0.1, 0.15) is 0 Å². The Hall–Kier alpha value is 1.68. The Balaban J connectivity index is 2.64. The van der Waals surface area contributed by atoms with E-state index in [1.54, 1.807) is 0 Å². The van der Waals surface area contributed by atoms with E-state index >= 15 is 0 Å². The normalized spacial score (nSPS) is 38.9. The fourth-order valence-corrected chi connectivity index (χ4v) is 11.9. The standard InChI is InChI=1S/C6H10Cl4Se/c7-3-5-1-2-6(4-8)11(5,9)10/h5-6H,1-4H2/t5-,6+. The van der Waals surface area contributed by atoms with Gasteiger partial charge in [-0.3, -0.25) is 0 Å². The minimum absolute atomic E-state index is 0.361. The van der Waals surface area contributed by atoms with E-state index in [1.165, 1.54) is 0 Å². The number of halogens is 4. The van der Waals surface area contributed by atoms with E-state index in [4.69, 9.17) is 43.4 Å². The second-order valence-corrected chi connectivity index (χ2v) is 14.5. The molecule has 0 amide bonds. The van der Waals surface area contributed by atoms with Crippen LogP contribution in [0.15, 0.2) is 0 Å². The average Bonchev–Trinajstić information content (AvgIpc) is 2.24. The Morgan fingerprint density at radius 2 is 1.36 bits per heavy atom. The van der Waals surface area contributed by atoms with Gasteiger partial charge in [-0.2, -0.15) is 0 Å². The second-order valence-electron chi connectivity index (χ2n) is 2.68. The van der Waals surface area contributed by atoms with E-state index in [-0.39, 0.29) is 0 Å². The van der Waals surface area contributed by atoms with Crippen LogP contribution in [0.25, 0.3) is 0 Å². The quantitative estimate of drug-likeness (QED) is 0.536. The molecule has 11 heavy (non-hydrogen) atoms. The van der Waals surface area contributed by atoms with Crippen LogP contribution >= 0.6 is 43.4 Å². The molecule has 0 unspecified atom stereocenters. The fourth-order valence-electron chi connectivity index (χ4n) is 1.28. The molecule has 0 aliphatic carbocycles. The predicted octanol–water partition coefficient (Wildman–Crippen LogP) is 3.92. The zero-order valence-corrected chi connectivity index (χ0v) is 10.6. The van der Waals surface area contributed by atoms with Crippen molar-refractivity contribution in [1.82, 2.24) is 0 Å². The van der Waals surface area contributed by atoms with Gasteiger partial charge in [-0.15, -0.1) is 0 Å². The Bertz CT molecular complexity index is 125. The van der Waals surface area contributed by atoms with Crippen LogP contribution < -0.4 is 0 Å². The maximum atomic E-state index is 6.25. The van der Waals surface area contributed by atoms with Gasteiger partial charge in [-0.1, -0.05) is 0 Å². The van der Waals surface area contributed by atoms with Crippen molar-refractivity contribution in [2.45, 2.75) is 22.5 Å². The van der Waals surface area contributed by atoms with E-state index < -0.39 is 11.0 Å². The van der Waals surface area contributed by atoms with Crippen molar-refractivity contribution < 1.29 is 0 Å². The molecule has 2 atom stereocenters. The van der Waals surface area contributed by atoms with Crippen LogP contribution in [0.1, 0.15) is 12.8 Å². The summed E-state index contributed by atoms with van der Waals surface area (Å²) in [6, 6.07) is 0.